The lowest BCUT2D eigenvalue weighted by atomic mass is 9.63. The number of nitrogens with zero attached hydrogens (tertiary/aromatic N) is 1. The Labute approximate surface area is 236 Å². The van der Waals surface area contributed by atoms with Gasteiger partial charge in [-0.05, 0) is 53.1 Å². The summed E-state index contributed by atoms with van der Waals surface area (Å²) >= 11 is 6.07. The number of hydrogen-bond acceptors (Lipinski definition) is 4. The fourth-order valence-electron chi connectivity index (χ4n) is 6.70. The van der Waals surface area contributed by atoms with E-state index in [1.807, 2.05) is 71.8 Å². The van der Waals surface area contributed by atoms with Crippen LogP contribution in [-0.2, 0) is 15.0 Å². The Morgan fingerprint density at radius 1 is 0.850 bits per heavy atom. The molecule has 3 aliphatic heterocycles. The molecule has 4 aromatic rings. The Bertz CT molecular complexity index is 1700. The predicted molar refractivity (Wildman–Crippen MR) is 155 cm³/mol. The molecule has 2 N–H and O–H groups in total. The third-order valence-electron chi connectivity index (χ3n) is 8.29. The number of hydrogen-bond donors (Lipinski definition) is 2. The maximum absolute atomic E-state index is 14.6. The number of carbonyl (C=O) groups is 3. The number of ketones is 1. The minimum atomic E-state index is -1.35. The third kappa shape index (κ3) is 3.46. The van der Waals surface area contributed by atoms with Gasteiger partial charge < -0.3 is 15.5 Å². The molecule has 0 saturated carbocycles. The highest BCUT2D eigenvalue weighted by molar-refractivity contribution is 6.30. The summed E-state index contributed by atoms with van der Waals surface area (Å²) in [5.41, 5.74) is 2.86. The SMILES string of the molecule is O=C(Nc1ccc(Cl)cc1)[C@@H]1[C@@H](C(=O)c2ccccc2)[C@@]2(C(=O)Nc3ccccc32)C2c3ccccc3C=CN21. The summed E-state index contributed by atoms with van der Waals surface area (Å²) in [6, 6.07) is 29.5. The number of benzene rings is 4. The smallest absolute Gasteiger partial charge is 0.247 e. The van der Waals surface area contributed by atoms with Crippen molar-refractivity contribution in [2.24, 2.45) is 5.92 Å². The quantitative estimate of drug-likeness (QED) is 0.305. The van der Waals surface area contributed by atoms with Crippen molar-refractivity contribution in [3.8, 4) is 0 Å². The zero-order valence-electron chi connectivity index (χ0n) is 21.3. The first-order chi connectivity index (χ1) is 19.5. The average molecular weight is 546 g/mol. The van der Waals surface area contributed by atoms with E-state index >= 15 is 0 Å². The molecule has 4 atom stereocenters. The molecule has 1 fully saturated rings. The number of anilines is 2. The summed E-state index contributed by atoms with van der Waals surface area (Å²) in [7, 11) is 0. The average Bonchev–Trinajstić information content (AvgIpc) is 3.47. The van der Waals surface area contributed by atoms with Gasteiger partial charge in [0.1, 0.15) is 11.5 Å². The van der Waals surface area contributed by atoms with Gasteiger partial charge in [0, 0.05) is 28.2 Å². The van der Waals surface area contributed by atoms with Crippen LogP contribution in [0.5, 0.6) is 0 Å². The number of carbonyl (C=O) groups excluding carboxylic acids is 3. The molecule has 1 saturated heterocycles. The number of fused-ring (bicyclic) bond motifs is 6. The lowest BCUT2D eigenvalue weighted by Gasteiger charge is -2.38. The molecular formula is C33H24ClN3O3. The maximum Gasteiger partial charge on any atom is 0.247 e. The third-order valence-corrected chi connectivity index (χ3v) is 8.54. The Morgan fingerprint density at radius 3 is 2.35 bits per heavy atom. The van der Waals surface area contributed by atoms with Gasteiger partial charge in [0.25, 0.3) is 0 Å². The number of para-hydroxylation sites is 1. The summed E-state index contributed by atoms with van der Waals surface area (Å²) in [6.45, 7) is 0. The predicted octanol–water partition coefficient (Wildman–Crippen LogP) is 6.08. The van der Waals surface area contributed by atoms with Crippen LogP contribution in [0.3, 0.4) is 0 Å². The molecule has 0 radical (unpaired) electrons. The van der Waals surface area contributed by atoms with Gasteiger partial charge >= 0.3 is 0 Å². The molecule has 3 heterocycles. The van der Waals surface area contributed by atoms with E-state index in [0.717, 1.165) is 16.7 Å². The molecule has 2 amide bonds. The molecule has 7 rings (SSSR count). The Hall–Kier alpha value is -4.68. The second kappa shape index (κ2) is 9.21. The van der Waals surface area contributed by atoms with Crippen LogP contribution in [0.25, 0.3) is 6.08 Å². The molecular weight excluding hydrogens is 522 g/mol. The number of amides is 2. The van der Waals surface area contributed by atoms with Crippen molar-refractivity contribution in [1.29, 1.82) is 0 Å². The van der Waals surface area contributed by atoms with Crippen molar-refractivity contribution in [2.75, 3.05) is 10.6 Å². The summed E-state index contributed by atoms with van der Waals surface area (Å²) in [4.78, 5) is 45.1. The highest BCUT2D eigenvalue weighted by Gasteiger charge is 2.70. The number of halogens is 1. The van der Waals surface area contributed by atoms with E-state index in [9.17, 15) is 14.4 Å². The van der Waals surface area contributed by atoms with Crippen LogP contribution in [0.15, 0.2) is 109 Å². The standard InChI is InChI=1S/C33H24ClN3O3/c34-22-14-16-23(17-15-22)35-31(39)28-27(29(38)21-9-2-1-3-10-21)33(25-12-6-7-13-26(25)36-32(33)40)30-24-11-5-4-8-20(24)18-19-37(28)30/h1-19,27-28,30H,(H,35,39)(H,36,40)/t27-,28-,30?,33+/m0/s1. The monoisotopic (exact) mass is 545 g/mol. The lowest BCUT2D eigenvalue weighted by Crippen LogP contribution is -2.50. The van der Waals surface area contributed by atoms with Gasteiger partial charge in [-0.15, -0.1) is 0 Å². The van der Waals surface area contributed by atoms with Gasteiger partial charge in [0.15, 0.2) is 5.78 Å². The highest BCUT2D eigenvalue weighted by Crippen LogP contribution is 2.62. The Kier molecular flexibility index (Phi) is 5.61. The first kappa shape index (κ1) is 24.4. The van der Waals surface area contributed by atoms with E-state index in [1.54, 1.807) is 48.5 Å². The van der Waals surface area contributed by atoms with Gasteiger partial charge in [-0.25, -0.2) is 0 Å². The second-order valence-corrected chi connectivity index (χ2v) is 10.7. The van der Waals surface area contributed by atoms with Gasteiger partial charge in [-0.2, -0.15) is 0 Å². The van der Waals surface area contributed by atoms with Crippen molar-refractivity contribution < 1.29 is 14.4 Å². The van der Waals surface area contributed by atoms with E-state index in [4.69, 9.17) is 11.6 Å². The molecule has 1 spiro atoms. The van der Waals surface area contributed by atoms with Gasteiger partial charge in [0.2, 0.25) is 11.8 Å². The Balaban J connectivity index is 1.48. The number of Topliss-reactive ketones (excluding diaryl/α,β-unsaturated/α-hetero) is 1. The molecule has 4 aromatic carbocycles. The lowest BCUT2D eigenvalue weighted by molar-refractivity contribution is -0.122. The van der Waals surface area contributed by atoms with Crippen LogP contribution >= 0.6 is 11.6 Å². The maximum atomic E-state index is 14.6. The molecule has 0 aromatic heterocycles. The van der Waals surface area contributed by atoms with Crippen molar-refractivity contribution in [3.63, 3.8) is 0 Å². The number of nitrogens with one attached hydrogen (secondary N) is 2. The topological polar surface area (TPSA) is 78.5 Å². The van der Waals surface area contributed by atoms with E-state index in [0.29, 0.717) is 22.0 Å². The zero-order valence-corrected chi connectivity index (χ0v) is 22.0. The van der Waals surface area contributed by atoms with Crippen molar-refractivity contribution in [3.05, 3.63) is 137 Å². The van der Waals surface area contributed by atoms with Crippen LogP contribution < -0.4 is 10.6 Å². The van der Waals surface area contributed by atoms with Crippen LogP contribution in [0.1, 0.15) is 33.1 Å². The van der Waals surface area contributed by atoms with Crippen LogP contribution in [-0.4, -0.2) is 28.5 Å². The van der Waals surface area contributed by atoms with E-state index < -0.39 is 23.4 Å². The molecule has 0 bridgehead atoms. The molecule has 40 heavy (non-hydrogen) atoms. The van der Waals surface area contributed by atoms with E-state index in [2.05, 4.69) is 10.6 Å². The summed E-state index contributed by atoms with van der Waals surface area (Å²) < 4.78 is 0. The first-order valence-electron chi connectivity index (χ1n) is 13.1. The molecule has 6 nitrogen and oxygen atoms in total. The largest absolute Gasteiger partial charge is 0.356 e. The summed E-state index contributed by atoms with van der Waals surface area (Å²) in [5.74, 6) is -1.94. The minimum absolute atomic E-state index is 0.260. The van der Waals surface area contributed by atoms with E-state index in [-0.39, 0.29) is 17.6 Å². The zero-order chi connectivity index (χ0) is 27.4. The fourth-order valence-corrected chi connectivity index (χ4v) is 6.83. The number of rotatable bonds is 4. The summed E-state index contributed by atoms with van der Waals surface area (Å²) in [5, 5.41) is 6.60. The molecule has 7 heteroatoms. The fraction of sp³-hybridized carbons (Fsp3) is 0.121. The molecule has 196 valence electrons. The molecule has 3 aliphatic rings. The summed E-state index contributed by atoms with van der Waals surface area (Å²) in [6.07, 6.45) is 3.80. The molecule has 1 unspecified atom stereocenters. The van der Waals surface area contributed by atoms with E-state index in [1.165, 1.54) is 0 Å². The Morgan fingerprint density at radius 2 is 1.55 bits per heavy atom. The van der Waals surface area contributed by atoms with Gasteiger partial charge in [0.05, 0.1) is 12.0 Å². The van der Waals surface area contributed by atoms with Gasteiger partial charge in [-0.1, -0.05) is 84.4 Å². The van der Waals surface area contributed by atoms with Crippen molar-refractivity contribution >= 4 is 46.6 Å². The van der Waals surface area contributed by atoms with Crippen LogP contribution in [0, 0.1) is 5.92 Å². The molecule has 0 aliphatic carbocycles. The first-order valence-corrected chi connectivity index (χ1v) is 13.5. The van der Waals surface area contributed by atoms with Crippen LogP contribution in [0.2, 0.25) is 5.02 Å². The highest BCUT2D eigenvalue weighted by atomic mass is 35.5. The van der Waals surface area contributed by atoms with Crippen LogP contribution in [0.4, 0.5) is 11.4 Å². The minimum Gasteiger partial charge on any atom is -0.356 e. The normalized spacial score (nSPS) is 23.8. The van der Waals surface area contributed by atoms with Crippen molar-refractivity contribution in [2.45, 2.75) is 17.5 Å². The van der Waals surface area contributed by atoms with Crippen molar-refractivity contribution in [1.82, 2.24) is 4.90 Å². The second-order valence-electron chi connectivity index (χ2n) is 10.3. The van der Waals surface area contributed by atoms with Gasteiger partial charge in [-0.3, -0.25) is 14.4 Å².